The second-order valence-corrected chi connectivity index (χ2v) is 6.34. The predicted octanol–water partition coefficient (Wildman–Crippen LogP) is 2.81. The van der Waals surface area contributed by atoms with Crippen molar-refractivity contribution in [3.05, 3.63) is 54.0 Å². The highest BCUT2D eigenvalue weighted by Crippen LogP contribution is 2.13. The van der Waals surface area contributed by atoms with Gasteiger partial charge in [-0.15, -0.1) is 0 Å². The number of pyridine rings is 1. The number of nitrogens with one attached hydrogen (secondary N) is 2. The quantitative estimate of drug-likeness (QED) is 0.550. The average Bonchev–Trinajstić information content (AvgIpc) is 2.64. The summed E-state index contributed by atoms with van der Waals surface area (Å²) < 4.78 is 19.0. The van der Waals surface area contributed by atoms with Crippen molar-refractivity contribution >= 4 is 11.8 Å². The number of benzene rings is 1. The Balaban J connectivity index is 1.92. The lowest BCUT2D eigenvalue weighted by Crippen LogP contribution is -2.41. The molecule has 1 aromatic carbocycles. The van der Waals surface area contributed by atoms with Crippen LogP contribution >= 0.6 is 0 Å². The van der Waals surface area contributed by atoms with Crippen molar-refractivity contribution < 1.29 is 9.13 Å². The van der Waals surface area contributed by atoms with Crippen LogP contribution in [0.1, 0.15) is 19.5 Å². The zero-order valence-electron chi connectivity index (χ0n) is 16.4. The van der Waals surface area contributed by atoms with Crippen LogP contribution in [-0.2, 0) is 6.54 Å². The topological polar surface area (TPSA) is 61.8 Å². The van der Waals surface area contributed by atoms with Crippen molar-refractivity contribution in [2.24, 2.45) is 4.99 Å². The largest absolute Gasteiger partial charge is 0.489 e. The highest BCUT2D eigenvalue weighted by atomic mass is 19.1. The van der Waals surface area contributed by atoms with E-state index >= 15 is 0 Å². The zero-order valence-corrected chi connectivity index (χ0v) is 16.4. The van der Waals surface area contributed by atoms with Crippen LogP contribution in [0.3, 0.4) is 0 Å². The van der Waals surface area contributed by atoms with Gasteiger partial charge in [0.05, 0.1) is 18.8 Å². The summed E-state index contributed by atoms with van der Waals surface area (Å²) in [5.41, 5.74) is 0.891. The molecule has 0 amide bonds. The predicted molar refractivity (Wildman–Crippen MR) is 108 cm³/mol. The fraction of sp³-hybridized carbons (Fsp3) is 0.400. The minimum Gasteiger partial charge on any atom is -0.489 e. The number of rotatable bonds is 8. The zero-order chi connectivity index (χ0) is 19.6. The summed E-state index contributed by atoms with van der Waals surface area (Å²) in [5, 5.41) is 6.45. The minimum atomic E-state index is -0.310. The molecule has 0 spiro atoms. The Labute approximate surface area is 160 Å². The normalized spacial score (nSPS) is 12.4. The van der Waals surface area contributed by atoms with Crippen molar-refractivity contribution in [3.63, 3.8) is 0 Å². The van der Waals surface area contributed by atoms with Crippen LogP contribution in [0.4, 0.5) is 10.2 Å². The molecule has 7 heteroatoms. The standard InChI is InChI=1S/C20H28FN5O/c1-5-22-20(24-14-17-9-7-11-19(25-17)26(3)4)23-13-15(2)27-18-10-6-8-16(21)12-18/h6-12,15H,5,13-14H2,1-4H3,(H2,22,23,24). The van der Waals surface area contributed by atoms with Crippen molar-refractivity contribution in [1.29, 1.82) is 0 Å². The van der Waals surface area contributed by atoms with Crippen LogP contribution in [0.2, 0.25) is 0 Å². The van der Waals surface area contributed by atoms with Gasteiger partial charge in [0.15, 0.2) is 5.96 Å². The second-order valence-electron chi connectivity index (χ2n) is 6.34. The van der Waals surface area contributed by atoms with Gasteiger partial charge in [0.2, 0.25) is 0 Å². The van der Waals surface area contributed by atoms with Gasteiger partial charge in [-0.2, -0.15) is 0 Å². The molecule has 2 rings (SSSR count). The number of hydrogen-bond donors (Lipinski definition) is 2. The Morgan fingerprint density at radius 1 is 1.22 bits per heavy atom. The molecule has 1 atom stereocenters. The molecule has 2 N–H and O–H groups in total. The highest BCUT2D eigenvalue weighted by molar-refractivity contribution is 5.79. The van der Waals surface area contributed by atoms with Gasteiger partial charge in [0.1, 0.15) is 23.5 Å². The van der Waals surface area contributed by atoms with E-state index in [1.807, 2.05) is 51.0 Å². The number of aromatic nitrogens is 1. The molecule has 0 fully saturated rings. The fourth-order valence-corrected chi connectivity index (χ4v) is 2.36. The van der Waals surface area contributed by atoms with Gasteiger partial charge in [-0.05, 0) is 38.1 Å². The Morgan fingerprint density at radius 2 is 2.00 bits per heavy atom. The first-order valence-corrected chi connectivity index (χ1v) is 9.05. The van der Waals surface area contributed by atoms with Gasteiger partial charge < -0.3 is 20.3 Å². The molecule has 0 radical (unpaired) electrons. The molecule has 0 aliphatic heterocycles. The summed E-state index contributed by atoms with van der Waals surface area (Å²) in [6.07, 6.45) is -0.147. The number of aliphatic imine (C=N–C) groups is 1. The molecule has 1 heterocycles. The second kappa shape index (κ2) is 10.4. The van der Waals surface area contributed by atoms with E-state index in [1.54, 1.807) is 12.1 Å². The first-order valence-electron chi connectivity index (χ1n) is 9.05. The van der Waals surface area contributed by atoms with Gasteiger partial charge in [0.25, 0.3) is 0 Å². The Bertz CT molecular complexity index is 751. The number of nitrogens with zero attached hydrogens (tertiary/aromatic N) is 3. The Hall–Kier alpha value is -2.83. The van der Waals surface area contributed by atoms with E-state index in [-0.39, 0.29) is 11.9 Å². The van der Waals surface area contributed by atoms with Crippen LogP contribution < -0.4 is 20.3 Å². The molecular weight excluding hydrogens is 345 g/mol. The van der Waals surface area contributed by atoms with Crippen molar-refractivity contribution in [3.8, 4) is 5.75 Å². The van der Waals surface area contributed by atoms with E-state index in [1.165, 1.54) is 12.1 Å². The molecule has 0 bridgehead atoms. The van der Waals surface area contributed by atoms with Gasteiger partial charge >= 0.3 is 0 Å². The van der Waals surface area contributed by atoms with E-state index in [9.17, 15) is 4.39 Å². The summed E-state index contributed by atoms with van der Waals surface area (Å²) in [6, 6.07) is 12.0. The van der Waals surface area contributed by atoms with E-state index in [2.05, 4.69) is 20.6 Å². The molecule has 0 aliphatic rings. The molecule has 2 aromatic rings. The number of ether oxygens (including phenoxy) is 1. The molecule has 27 heavy (non-hydrogen) atoms. The van der Waals surface area contributed by atoms with Crippen LogP contribution in [-0.4, -0.2) is 44.2 Å². The summed E-state index contributed by atoms with van der Waals surface area (Å²) >= 11 is 0. The number of hydrogen-bond acceptors (Lipinski definition) is 4. The molecule has 0 saturated carbocycles. The Kier molecular flexibility index (Phi) is 7.85. The number of anilines is 1. The summed E-state index contributed by atoms with van der Waals surface area (Å²) in [5.74, 6) is 1.79. The van der Waals surface area contributed by atoms with Gasteiger partial charge in [-0.25, -0.2) is 14.4 Å². The summed E-state index contributed by atoms with van der Waals surface area (Å²) in [7, 11) is 3.92. The van der Waals surface area contributed by atoms with Crippen LogP contribution in [0, 0.1) is 5.82 Å². The maximum absolute atomic E-state index is 13.2. The SMILES string of the molecule is CCNC(=NCc1cccc(N(C)C)n1)NCC(C)Oc1cccc(F)c1. The van der Waals surface area contributed by atoms with E-state index in [4.69, 9.17) is 4.74 Å². The first kappa shape index (κ1) is 20.5. The van der Waals surface area contributed by atoms with Gasteiger partial charge in [0, 0.05) is 26.7 Å². The minimum absolute atomic E-state index is 0.147. The lowest BCUT2D eigenvalue weighted by Gasteiger charge is -2.18. The third-order valence-electron chi connectivity index (χ3n) is 3.68. The smallest absolute Gasteiger partial charge is 0.191 e. The lowest BCUT2D eigenvalue weighted by atomic mass is 10.3. The van der Waals surface area contributed by atoms with Crippen molar-refractivity contribution in [1.82, 2.24) is 15.6 Å². The average molecular weight is 373 g/mol. The molecule has 0 saturated heterocycles. The highest BCUT2D eigenvalue weighted by Gasteiger charge is 2.07. The van der Waals surface area contributed by atoms with Gasteiger partial charge in [-0.1, -0.05) is 12.1 Å². The lowest BCUT2D eigenvalue weighted by molar-refractivity contribution is 0.223. The number of halogens is 1. The molecular formula is C20H28FN5O. The molecule has 1 aromatic heterocycles. The van der Waals surface area contributed by atoms with Crippen LogP contribution in [0.5, 0.6) is 5.75 Å². The van der Waals surface area contributed by atoms with E-state index < -0.39 is 0 Å². The van der Waals surface area contributed by atoms with Gasteiger partial charge in [-0.3, -0.25) is 0 Å². The molecule has 0 aliphatic carbocycles. The summed E-state index contributed by atoms with van der Waals surface area (Å²) in [4.78, 5) is 11.1. The molecule has 6 nitrogen and oxygen atoms in total. The van der Waals surface area contributed by atoms with Crippen molar-refractivity contribution in [2.45, 2.75) is 26.5 Å². The maximum Gasteiger partial charge on any atom is 0.191 e. The maximum atomic E-state index is 13.2. The monoisotopic (exact) mass is 373 g/mol. The number of guanidine groups is 1. The summed E-state index contributed by atoms with van der Waals surface area (Å²) in [6.45, 7) is 5.68. The Morgan fingerprint density at radius 3 is 2.70 bits per heavy atom. The fourth-order valence-electron chi connectivity index (χ4n) is 2.36. The van der Waals surface area contributed by atoms with E-state index in [0.29, 0.717) is 24.8 Å². The van der Waals surface area contributed by atoms with Crippen LogP contribution in [0.25, 0.3) is 0 Å². The first-order chi connectivity index (χ1) is 13.0. The molecule has 146 valence electrons. The van der Waals surface area contributed by atoms with Crippen LogP contribution in [0.15, 0.2) is 47.5 Å². The van der Waals surface area contributed by atoms with E-state index in [0.717, 1.165) is 18.1 Å². The van der Waals surface area contributed by atoms with Crippen molar-refractivity contribution in [2.75, 3.05) is 32.1 Å². The molecule has 1 unspecified atom stereocenters. The third-order valence-corrected chi connectivity index (χ3v) is 3.68. The third kappa shape index (κ3) is 7.13.